The number of rotatable bonds is 8. The van der Waals surface area contributed by atoms with Crippen LogP contribution in [0.3, 0.4) is 0 Å². The zero-order valence-electron chi connectivity index (χ0n) is 24.1. The second-order valence-corrected chi connectivity index (χ2v) is 13.4. The number of hydrogen-bond acceptors (Lipinski definition) is 8. The number of carbonyl (C=O) groups is 3. The van der Waals surface area contributed by atoms with Crippen LogP contribution in [0.25, 0.3) is 0 Å². The molecule has 2 heterocycles. The maximum Gasteiger partial charge on any atom is 0.408 e. The van der Waals surface area contributed by atoms with Crippen LogP contribution in [0.2, 0.25) is 0 Å². The van der Waals surface area contributed by atoms with Crippen LogP contribution in [0, 0.1) is 5.92 Å². The maximum atomic E-state index is 13.9. The predicted molar refractivity (Wildman–Crippen MR) is 152 cm³/mol. The summed E-state index contributed by atoms with van der Waals surface area (Å²) in [4.78, 5) is 40.5. The van der Waals surface area contributed by atoms with E-state index < -0.39 is 51.8 Å². The molecule has 3 amide bonds. The van der Waals surface area contributed by atoms with Crippen molar-refractivity contribution in [1.29, 1.82) is 0 Å². The zero-order chi connectivity index (χ0) is 31.4. The maximum absolute atomic E-state index is 13.9. The van der Waals surface area contributed by atoms with Gasteiger partial charge in [-0.05, 0) is 75.4 Å². The molecule has 2 N–H and O–H groups in total. The van der Waals surface area contributed by atoms with E-state index in [9.17, 15) is 31.6 Å². The van der Waals surface area contributed by atoms with Crippen LogP contribution < -0.4 is 20.3 Å². The lowest BCUT2D eigenvalue weighted by atomic mass is 10.0. The number of anilines is 1. The number of halogens is 2. The molecule has 11 nitrogen and oxygen atoms in total. The first-order chi connectivity index (χ1) is 20.2. The Kier molecular flexibility index (Phi) is 9.90. The van der Waals surface area contributed by atoms with Crippen molar-refractivity contribution in [1.82, 2.24) is 10.6 Å². The summed E-state index contributed by atoms with van der Waals surface area (Å²) in [6, 6.07) is 7.93. The minimum atomic E-state index is -4.15. The third-order valence-electron chi connectivity index (χ3n) is 6.87. The van der Waals surface area contributed by atoms with E-state index in [0.29, 0.717) is 25.3 Å². The number of fused-ring (bicyclic) bond motifs is 1. The Morgan fingerprint density at radius 1 is 1.09 bits per heavy atom. The molecule has 2 aromatic carbocycles. The molecule has 0 aliphatic carbocycles. The molecule has 0 radical (unpaired) electrons. The Balaban J connectivity index is 1.68. The van der Waals surface area contributed by atoms with Gasteiger partial charge in [0.15, 0.2) is 9.84 Å². The number of alkyl halides is 2. The first-order valence-corrected chi connectivity index (χ1v) is 15.4. The molecule has 43 heavy (non-hydrogen) atoms. The average molecular weight is 624 g/mol. The summed E-state index contributed by atoms with van der Waals surface area (Å²) in [5, 5.41) is 5.24. The van der Waals surface area contributed by atoms with Gasteiger partial charge in [-0.25, -0.2) is 13.2 Å². The van der Waals surface area contributed by atoms with Gasteiger partial charge < -0.3 is 29.7 Å². The summed E-state index contributed by atoms with van der Waals surface area (Å²) in [5.41, 5.74) is -0.373. The number of hydrogen-bond donors (Lipinski definition) is 2. The van der Waals surface area contributed by atoms with E-state index in [0.717, 1.165) is 17.7 Å². The Hall–Kier alpha value is -3.78. The third kappa shape index (κ3) is 8.63. The SMILES string of the molecule is CC(C)(C)OC(=O)N[C@H]1CS(=O)(=O)c2ccc(C(=O)NCC3CCOCC3)cc2N(Cc2ccc(OC(F)F)cc2)C1=O. The largest absolute Gasteiger partial charge is 0.444 e. The lowest BCUT2D eigenvalue weighted by molar-refractivity contribution is -0.120. The van der Waals surface area contributed by atoms with E-state index in [1.54, 1.807) is 20.8 Å². The fourth-order valence-electron chi connectivity index (χ4n) is 4.78. The van der Waals surface area contributed by atoms with E-state index in [2.05, 4.69) is 15.4 Å². The molecule has 1 fully saturated rings. The molecule has 0 spiro atoms. The molecule has 14 heteroatoms. The standard InChI is InChI=1S/C29H35F2N3O8S/c1-29(2,3)42-28(37)33-22-17-43(38,39)24-9-6-20(25(35)32-15-18-10-12-40-13-11-18)14-23(24)34(26(22)36)16-19-4-7-21(8-5-19)41-27(30)31/h4-9,14,18,22,27H,10-13,15-17H2,1-3H3,(H,32,35)(H,33,37)/t22-/m0/s1. The minimum Gasteiger partial charge on any atom is -0.444 e. The number of ether oxygens (including phenoxy) is 3. The first kappa shape index (κ1) is 32.1. The van der Waals surface area contributed by atoms with Gasteiger partial charge in [0.2, 0.25) is 0 Å². The monoisotopic (exact) mass is 623 g/mol. The number of nitrogens with one attached hydrogen (secondary N) is 2. The first-order valence-electron chi connectivity index (χ1n) is 13.8. The van der Waals surface area contributed by atoms with Crippen molar-refractivity contribution in [3.05, 3.63) is 53.6 Å². The van der Waals surface area contributed by atoms with Gasteiger partial charge in [0.1, 0.15) is 17.4 Å². The number of benzene rings is 2. The van der Waals surface area contributed by atoms with Crippen molar-refractivity contribution in [3.8, 4) is 5.75 Å². The number of amides is 3. The fourth-order valence-corrected chi connectivity index (χ4v) is 6.39. The molecule has 2 aliphatic heterocycles. The highest BCUT2D eigenvalue weighted by Gasteiger charge is 2.39. The summed E-state index contributed by atoms with van der Waals surface area (Å²) in [7, 11) is -4.15. The highest BCUT2D eigenvalue weighted by molar-refractivity contribution is 7.91. The van der Waals surface area contributed by atoms with Crippen molar-refractivity contribution in [3.63, 3.8) is 0 Å². The summed E-state index contributed by atoms with van der Waals surface area (Å²) in [6.07, 6.45) is 0.629. The van der Waals surface area contributed by atoms with Gasteiger partial charge in [-0.2, -0.15) is 8.78 Å². The highest BCUT2D eigenvalue weighted by Crippen LogP contribution is 2.33. The van der Waals surface area contributed by atoms with Gasteiger partial charge in [0, 0.05) is 25.3 Å². The third-order valence-corrected chi connectivity index (χ3v) is 8.66. The normalized spacial score (nSPS) is 18.9. The summed E-state index contributed by atoms with van der Waals surface area (Å²) < 4.78 is 67.3. The van der Waals surface area contributed by atoms with Crippen LogP contribution in [0.1, 0.15) is 49.5 Å². The van der Waals surface area contributed by atoms with Crippen molar-refractivity contribution < 1.29 is 45.8 Å². The molecule has 2 aromatic rings. The Morgan fingerprint density at radius 3 is 2.40 bits per heavy atom. The topological polar surface area (TPSA) is 140 Å². The number of alkyl carbamates (subject to hydrolysis) is 1. The lowest BCUT2D eigenvalue weighted by Gasteiger charge is -2.27. The van der Waals surface area contributed by atoms with Gasteiger partial charge in [-0.15, -0.1) is 0 Å². The van der Waals surface area contributed by atoms with E-state index in [4.69, 9.17) is 9.47 Å². The Labute approximate surface area is 248 Å². The fraction of sp³-hybridized carbons (Fsp3) is 0.483. The number of carbonyl (C=O) groups excluding carboxylic acids is 3. The van der Waals surface area contributed by atoms with Crippen LogP contribution in [0.5, 0.6) is 5.75 Å². The van der Waals surface area contributed by atoms with Crippen LogP contribution in [-0.4, -0.2) is 70.1 Å². The molecule has 0 aromatic heterocycles. The zero-order valence-corrected chi connectivity index (χ0v) is 24.9. The van der Waals surface area contributed by atoms with Crippen molar-refractivity contribution in [2.75, 3.05) is 30.4 Å². The molecular weight excluding hydrogens is 588 g/mol. The summed E-state index contributed by atoms with van der Waals surface area (Å²) in [5.74, 6) is -1.81. The molecule has 234 valence electrons. The molecule has 0 saturated carbocycles. The molecular formula is C29H35F2N3O8S. The molecule has 0 unspecified atom stereocenters. The Bertz CT molecular complexity index is 1440. The molecule has 1 atom stereocenters. The van der Waals surface area contributed by atoms with Crippen LogP contribution in [0.15, 0.2) is 47.4 Å². The van der Waals surface area contributed by atoms with Crippen LogP contribution in [0.4, 0.5) is 19.3 Å². The summed E-state index contributed by atoms with van der Waals surface area (Å²) >= 11 is 0. The second kappa shape index (κ2) is 13.2. The number of sulfone groups is 1. The molecule has 0 bridgehead atoms. The number of nitrogens with zero attached hydrogens (tertiary/aromatic N) is 1. The quantitative estimate of drug-likeness (QED) is 0.454. The van der Waals surface area contributed by atoms with Gasteiger partial charge in [0.25, 0.3) is 11.8 Å². The van der Waals surface area contributed by atoms with Crippen LogP contribution >= 0.6 is 0 Å². The van der Waals surface area contributed by atoms with Gasteiger partial charge >= 0.3 is 12.7 Å². The van der Waals surface area contributed by atoms with Crippen molar-refractivity contribution in [2.24, 2.45) is 5.92 Å². The summed E-state index contributed by atoms with van der Waals surface area (Å²) in [6.45, 7) is 3.28. The van der Waals surface area contributed by atoms with Crippen molar-refractivity contribution >= 4 is 33.4 Å². The molecule has 1 saturated heterocycles. The van der Waals surface area contributed by atoms with E-state index >= 15 is 0 Å². The smallest absolute Gasteiger partial charge is 0.408 e. The van der Waals surface area contributed by atoms with E-state index in [1.165, 1.54) is 42.5 Å². The van der Waals surface area contributed by atoms with E-state index in [1.807, 2.05) is 0 Å². The van der Waals surface area contributed by atoms with Gasteiger partial charge in [-0.1, -0.05) is 12.1 Å². The predicted octanol–water partition coefficient (Wildman–Crippen LogP) is 3.66. The van der Waals surface area contributed by atoms with Crippen molar-refractivity contribution in [2.45, 2.75) is 63.3 Å². The second-order valence-electron chi connectivity index (χ2n) is 11.4. The Morgan fingerprint density at radius 2 is 1.77 bits per heavy atom. The molecule has 4 rings (SSSR count). The minimum absolute atomic E-state index is 0.0508. The van der Waals surface area contributed by atoms with Gasteiger partial charge in [-0.3, -0.25) is 9.59 Å². The average Bonchev–Trinajstić information content (AvgIpc) is 3.00. The van der Waals surface area contributed by atoms with E-state index in [-0.39, 0.29) is 34.4 Å². The highest BCUT2D eigenvalue weighted by atomic mass is 32.2. The van der Waals surface area contributed by atoms with Crippen LogP contribution in [-0.2, 0) is 30.7 Å². The lowest BCUT2D eigenvalue weighted by Crippen LogP contribution is -2.51. The van der Waals surface area contributed by atoms with Gasteiger partial charge in [0.05, 0.1) is 22.9 Å². The molecule has 2 aliphatic rings.